The van der Waals surface area contributed by atoms with Gasteiger partial charge in [0.2, 0.25) is 0 Å². The summed E-state index contributed by atoms with van der Waals surface area (Å²) in [6.07, 6.45) is 0. The van der Waals surface area contributed by atoms with Crippen LogP contribution in [-0.2, 0) is 10.2 Å². The van der Waals surface area contributed by atoms with Gasteiger partial charge in [0.25, 0.3) is 10.2 Å². The van der Waals surface area contributed by atoms with Crippen LogP contribution in [-0.4, -0.2) is 56.3 Å². The average Bonchev–Trinajstić information content (AvgIpc) is 2.36. The zero-order valence-electron chi connectivity index (χ0n) is 10.4. The first-order valence-corrected chi connectivity index (χ1v) is 7.27. The molecule has 0 aromatic heterocycles. The Labute approximate surface area is 103 Å². The first-order valence-electron chi connectivity index (χ1n) is 5.88. The van der Waals surface area contributed by atoms with E-state index >= 15 is 0 Å². The Morgan fingerprint density at radius 1 is 1.47 bits per heavy atom. The van der Waals surface area contributed by atoms with Crippen molar-refractivity contribution < 1.29 is 8.42 Å². The lowest BCUT2D eigenvalue weighted by atomic mass is 10.2. The van der Waals surface area contributed by atoms with Gasteiger partial charge in [-0.1, -0.05) is 6.92 Å². The predicted molar refractivity (Wildman–Crippen MR) is 65.4 cm³/mol. The zero-order valence-corrected chi connectivity index (χ0v) is 11.2. The number of nitriles is 1. The monoisotopic (exact) mass is 260 g/mol. The number of nitrogens with zero attached hydrogens (tertiary/aromatic N) is 3. The van der Waals surface area contributed by atoms with Gasteiger partial charge in [-0.25, -0.2) is 0 Å². The van der Waals surface area contributed by atoms with Crippen LogP contribution in [0.3, 0.4) is 0 Å². The molecular formula is C10H20N4O2S. The lowest BCUT2D eigenvalue weighted by Crippen LogP contribution is -2.52. The van der Waals surface area contributed by atoms with Gasteiger partial charge in [0.1, 0.15) is 0 Å². The Bertz CT molecular complexity index is 370. The van der Waals surface area contributed by atoms with Crippen molar-refractivity contribution in [1.82, 2.24) is 13.9 Å². The van der Waals surface area contributed by atoms with Crippen molar-refractivity contribution in [2.45, 2.75) is 13.8 Å². The summed E-state index contributed by atoms with van der Waals surface area (Å²) in [5.41, 5.74) is 0. The van der Waals surface area contributed by atoms with Crippen molar-refractivity contribution in [2.75, 3.05) is 39.3 Å². The van der Waals surface area contributed by atoms with E-state index in [0.29, 0.717) is 32.7 Å². The van der Waals surface area contributed by atoms with Gasteiger partial charge in [0, 0.05) is 39.3 Å². The summed E-state index contributed by atoms with van der Waals surface area (Å²) < 4.78 is 27.4. The van der Waals surface area contributed by atoms with Gasteiger partial charge in [0.05, 0.1) is 12.0 Å². The number of hydrogen-bond acceptors (Lipinski definition) is 4. The van der Waals surface area contributed by atoms with Crippen LogP contribution < -0.4 is 5.32 Å². The van der Waals surface area contributed by atoms with Crippen LogP contribution in [0.2, 0.25) is 0 Å². The van der Waals surface area contributed by atoms with Crippen molar-refractivity contribution in [3.63, 3.8) is 0 Å². The normalized spacial score (nSPS) is 20.1. The lowest BCUT2D eigenvalue weighted by Gasteiger charge is -2.32. The maximum atomic E-state index is 12.3. The van der Waals surface area contributed by atoms with Crippen LogP contribution in [0, 0.1) is 17.2 Å². The van der Waals surface area contributed by atoms with Crippen LogP contribution in [0.15, 0.2) is 0 Å². The molecule has 0 bridgehead atoms. The van der Waals surface area contributed by atoms with Gasteiger partial charge in [-0.2, -0.15) is 22.3 Å². The van der Waals surface area contributed by atoms with E-state index in [2.05, 4.69) is 11.4 Å². The van der Waals surface area contributed by atoms with Crippen molar-refractivity contribution >= 4 is 10.2 Å². The second kappa shape index (κ2) is 6.31. The molecule has 1 aliphatic rings. The minimum Gasteiger partial charge on any atom is -0.314 e. The molecule has 7 heteroatoms. The van der Waals surface area contributed by atoms with Crippen molar-refractivity contribution in [3.8, 4) is 6.07 Å². The van der Waals surface area contributed by atoms with E-state index in [9.17, 15) is 8.42 Å². The molecule has 17 heavy (non-hydrogen) atoms. The van der Waals surface area contributed by atoms with Crippen molar-refractivity contribution in [1.29, 1.82) is 5.26 Å². The minimum atomic E-state index is -3.40. The third-order valence-electron chi connectivity index (χ3n) is 2.78. The number of hydrogen-bond donors (Lipinski definition) is 1. The van der Waals surface area contributed by atoms with E-state index < -0.39 is 10.2 Å². The molecule has 1 aliphatic heterocycles. The maximum Gasteiger partial charge on any atom is 0.282 e. The molecule has 1 rings (SSSR count). The van der Waals surface area contributed by atoms with Crippen LogP contribution >= 0.6 is 0 Å². The van der Waals surface area contributed by atoms with Crippen molar-refractivity contribution in [2.24, 2.45) is 5.92 Å². The van der Waals surface area contributed by atoms with Gasteiger partial charge in [0.15, 0.2) is 0 Å². The summed E-state index contributed by atoms with van der Waals surface area (Å²) in [6, 6.07) is 2.07. The van der Waals surface area contributed by atoms with E-state index in [0.717, 1.165) is 0 Å². The Morgan fingerprint density at radius 3 is 2.53 bits per heavy atom. The molecular weight excluding hydrogens is 240 g/mol. The Kier molecular flexibility index (Phi) is 5.33. The first-order chi connectivity index (χ1) is 8.02. The molecule has 0 aromatic rings. The summed E-state index contributed by atoms with van der Waals surface area (Å²) in [7, 11) is -3.40. The molecule has 6 nitrogen and oxygen atoms in total. The molecule has 1 atom stereocenters. The topological polar surface area (TPSA) is 76.4 Å². The first kappa shape index (κ1) is 14.4. The fraction of sp³-hybridized carbons (Fsp3) is 0.900. The number of piperazine rings is 1. The molecule has 0 saturated carbocycles. The second-order valence-electron chi connectivity index (χ2n) is 4.14. The summed E-state index contributed by atoms with van der Waals surface area (Å²) in [5, 5.41) is 11.9. The molecule has 1 N–H and O–H groups in total. The maximum absolute atomic E-state index is 12.3. The van der Waals surface area contributed by atoms with Crippen molar-refractivity contribution in [3.05, 3.63) is 0 Å². The highest BCUT2D eigenvalue weighted by molar-refractivity contribution is 7.86. The van der Waals surface area contributed by atoms with E-state index in [1.165, 1.54) is 8.61 Å². The molecule has 1 saturated heterocycles. The molecule has 0 aliphatic carbocycles. The van der Waals surface area contributed by atoms with E-state index in [1.54, 1.807) is 13.8 Å². The Balaban J connectivity index is 2.75. The molecule has 0 spiro atoms. The summed E-state index contributed by atoms with van der Waals surface area (Å²) >= 11 is 0. The highest BCUT2D eigenvalue weighted by Gasteiger charge is 2.30. The largest absolute Gasteiger partial charge is 0.314 e. The van der Waals surface area contributed by atoms with Gasteiger partial charge in [-0.15, -0.1) is 0 Å². The SMILES string of the molecule is CCN(CC(C)C#N)S(=O)(=O)N1CCNCC1. The third-order valence-corrected chi connectivity index (χ3v) is 4.86. The minimum absolute atomic E-state index is 0.263. The smallest absolute Gasteiger partial charge is 0.282 e. The molecule has 0 aromatic carbocycles. The summed E-state index contributed by atoms with van der Waals surface area (Å²) in [6.45, 7) is 6.56. The molecule has 0 radical (unpaired) electrons. The fourth-order valence-corrected chi connectivity index (χ4v) is 3.48. The summed E-state index contributed by atoms with van der Waals surface area (Å²) in [5.74, 6) is -0.285. The molecule has 1 heterocycles. The second-order valence-corrected chi connectivity index (χ2v) is 6.07. The quantitative estimate of drug-likeness (QED) is 0.731. The van der Waals surface area contributed by atoms with Crippen LogP contribution in [0.1, 0.15) is 13.8 Å². The van der Waals surface area contributed by atoms with Gasteiger partial charge >= 0.3 is 0 Å². The Morgan fingerprint density at radius 2 is 2.06 bits per heavy atom. The van der Waals surface area contributed by atoms with E-state index in [4.69, 9.17) is 5.26 Å². The fourth-order valence-electron chi connectivity index (χ4n) is 1.77. The molecule has 0 amide bonds. The highest BCUT2D eigenvalue weighted by atomic mass is 32.2. The van der Waals surface area contributed by atoms with E-state index in [1.807, 2.05) is 0 Å². The predicted octanol–water partition coefficient (Wildman–Crippen LogP) is -0.382. The van der Waals surface area contributed by atoms with E-state index in [-0.39, 0.29) is 12.5 Å². The van der Waals surface area contributed by atoms with Gasteiger partial charge in [-0.3, -0.25) is 0 Å². The third kappa shape index (κ3) is 3.64. The van der Waals surface area contributed by atoms with Crippen LogP contribution in [0.4, 0.5) is 0 Å². The standard InChI is InChI=1S/C10H20N4O2S/c1-3-13(9-10(2)8-11)17(15,16)14-6-4-12-5-7-14/h10,12H,3-7,9H2,1-2H3. The average molecular weight is 260 g/mol. The zero-order chi connectivity index (χ0) is 12.9. The van der Waals surface area contributed by atoms with Crippen LogP contribution in [0.5, 0.6) is 0 Å². The Hall–Kier alpha value is -0.680. The molecule has 1 unspecified atom stereocenters. The number of rotatable bonds is 5. The summed E-state index contributed by atoms with van der Waals surface area (Å²) in [4.78, 5) is 0. The highest BCUT2D eigenvalue weighted by Crippen LogP contribution is 2.11. The lowest BCUT2D eigenvalue weighted by molar-refractivity contribution is 0.308. The van der Waals surface area contributed by atoms with Crippen LogP contribution in [0.25, 0.3) is 0 Å². The molecule has 1 fully saturated rings. The van der Waals surface area contributed by atoms with Gasteiger partial charge in [-0.05, 0) is 6.92 Å². The van der Waals surface area contributed by atoms with Gasteiger partial charge < -0.3 is 5.32 Å². The number of nitrogens with one attached hydrogen (secondary N) is 1. The molecule has 98 valence electrons.